The molecule has 0 saturated heterocycles. The van der Waals surface area contributed by atoms with Crippen LogP contribution < -0.4 is 5.32 Å². The quantitative estimate of drug-likeness (QED) is 0.847. The number of tetrazole rings is 1. The van der Waals surface area contributed by atoms with Gasteiger partial charge in [0.1, 0.15) is 0 Å². The molecule has 0 aliphatic rings. The van der Waals surface area contributed by atoms with E-state index in [1.54, 1.807) is 4.68 Å². The van der Waals surface area contributed by atoms with Crippen molar-refractivity contribution >= 4 is 17.7 Å². The molecular formula is C13H17N5OS. The molecular weight excluding hydrogens is 274 g/mol. The zero-order valence-electron chi connectivity index (χ0n) is 11.7. The number of nitrogens with zero attached hydrogens (tertiary/aromatic N) is 4. The van der Waals surface area contributed by atoms with Gasteiger partial charge in [0.15, 0.2) is 0 Å². The highest BCUT2D eigenvalue weighted by Gasteiger charge is 2.19. The van der Waals surface area contributed by atoms with Gasteiger partial charge in [-0.2, -0.15) is 4.68 Å². The second-order valence-electron chi connectivity index (χ2n) is 4.31. The van der Waals surface area contributed by atoms with E-state index in [-0.39, 0.29) is 11.2 Å². The van der Waals surface area contributed by atoms with Crippen molar-refractivity contribution in [3.8, 4) is 5.69 Å². The molecule has 0 aliphatic carbocycles. The standard InChI is InChI=1S/C13H17N5OS/c1-4-14-12(19)10(3)20-13-15-16-17-18(13)11-8-6-5-7-9(11)2/h5-8,10H,4H2,1-3H3,(H,14,19). The van der Waals surface area contributed by atoms with E-state index in [1.165, 1.54) is 11.8 Å². The smallest absolute Gasteiger partial charge is 0.233 e. The lowest BCUT2D eigenvalue weighted by Crippen LogP contribution is -2.30. The summed E-state index contributed by atoms with van der Waals surface area (Å²) in [4.78, 5) is 11.8. The number of aryl methyl sites for hydroxylation is 1. The molecule has 0 aliphatic heterocycles. The van der Waals surface area contributed by atoms with E-state index >= 15 is 0 Å². The first-order valence-corrected chi connectivity index (χ1v) is 7.30. The number of amides is 1. The number of aromatic nitrogens is 4. The first-order chi connectivity index (χ1) is 9.63. The van der Waals surface area contributed by atoms with E-state index in [0.29, 0.717) is 11.7 Å². The second-order valence-corrected chi connectivity index (χ2v) is 5.62. The van der Waals surface area contributed by atoms with E-state index < -0.39 is 0 Å². The fourth-order valence-corrected chi connectivity index (χ4v) is 2.56. The summed E-state index contributed by atoms with van der Waals surface area (Å²) in [7, 11) is 0. The molecule has 1 aromatic heterocycles. The minimum atomic E-state index is -0.247. The summed E-state index contributed by atoms with van der Waals surface area (Å²) in [5.74, 6) is -0.0168. The van der Waals surface area contributed by atoms with Gasteiger partial charge in [0, 0.05) is 6.54 Å². The van der Waals surface area contributed by atoms with Gasteiger partial charge < -0.3 is 5.32 Å². The minimum Gasteiger partial charge on any atom is -0.355 e. The van der Waals surface area contributed by atoms with Crippen LogP contribution in [0.1, 0.15) is 19.4 Å². The van der Waals surface area contributed by atoms with Crippen LogP contribution in [0.15, 0.2) is 29.4 Å². The van der Waals surface area contributed by atoms with Crippen LogP contribution in [0, 0.1) is 6.92 Å². The number of para-hydroxylation sites is 1. The molecule has 2 aromatic rings. The van der Waals surface area contributed by atoms with Crippen LogP contribution >= 0.6 is 11.8 Å². The highest BCUT2D eigenvalue weighted by molar-refractivity contribution is 8.00. The van der Waals surface area contributed by atoms with Gasteiger partial charge in [-0.25, -0.2) is 0 Å². The Morgan fingerprint density at radius 3 is 2.90 bits per heavy atom. The molecule has 1 unspecified atom stereocenters. The lowest BCUT2D eigenvalue weighted by Gasteiger charge is -2.11. The fourth-order valence-electron chi connectivity index (χ4n) is 1.73. The SMILES string of the molecule is CCNC(=O)C(C)Sc1nnnn1-c1ccccc1C. The van der Waals surface area contributed by atoms with E-state index in [1.807, 2.05) is 45.0 Å². The number of benzene rings is 1. The molecule has 1 aromatic carbocycles. The Labute approximate surface area is 121 Å². The highest BCUT2D eigenvalue weighted by atomic mass is 32.2. The van der Waals surface area contributed by atoms with Gasteiger partial charge in [0.05, 0.1) is 10.9 Å². The van der Waals surface area contributed by atoms with Gasteiger partial charge in [-0.1, -0.05) is 30.0 Å². The van der Waals surface area contributed by atoms with Gasteiger partial charge >= 0.3 is 0 Å². The molecule has 1 amide bonds. The topological polar surface area (TPSA) is 72.7 Å². The predicted molar refractivity (Wildman–Crippen MR) is 77.9 cm³/mol. The first kappa shape index (κ1) is 14.5. The molecule has 0 fully saturated rings. The summed E-state index contributed by atoms with van der Waals surface area (Å²) in [5, 5.41) is 14.9. The number of hydrogen-bond donors (Lipinski definition) is 1. The molecule has 106 valence electrons. The van der Waals surface area contributed by atoms with Crippen LogP contribution in [-0.2, 0) is 4.79 Å². The van der Waals surface area contributed by atoms with E-state index in [4.69, 9.17) is 0 Å². The van der Waals surface area contributed by atoms with Crippen LogP contribution in [0.25, 0.3) is 5.69 Å². The van der Waals surface area contributed by atoms with Gasteiger partial charge in [0.25, 0.3) is 0 Å². The first-order valence-electron chi connectivity index (χ1n) is 6.42. The number of carbonyl (C=O) groups is 1. The third-order valence-corrected chi connectivity index (χ3v) is 3.82. The monoisotopic (exact) mass is 291 g/mol. The highest BCUT2D eigenvalue weighted by Crippen LogP contribution is 2.24. The Morgan fingerprint density at radius 1 is 1.45 bits per heavy atom. The van der Waals surface area contributed by atoms with Crippen LogP contribution in [0.4, 0.5) is 0 Å². The second kappa shape index (κ2) is 6.51. The van der Waals surface area contributed by atoms with Crippen LogP contribution in [-0.4, -0.2) is 37.9 Å². The molecule has 0 bridgehead atoms. The third-order valence-electron chi connectivity index (χ3n) is 2.79. The molecule has 2 rings (SSSR count). The maximum absolute atomic E-state index is 11.8. The molecule has 0 spiro atoms. The Kier molecular flexibility index (Phi) is 4.73. The Morgan fingerprint density at radius 2 is 2.20 bits per heavy atom. The van der Waals surface area contributed by atoms with Crippen molar-refractivity contribution in [2.45, 2.75) is 31.2 Å². The van der Waals surface area contributed by atoms with Crippen molar-refractivity contribution in [3.05, 3.63) is 29.8 Å². The zero-order valence-corrected chi connectivity index (χ0v) is 12.5. The maximum Gasteiger partial charge on any atom is 0.233 e. The molecule has 6 nitrogen and oxygen atoms in total. The Hall–Kier alpha value is -1.89. The molecule has 0 saturated carbocycles. The molecule has 1 heterocycles. The van der Waals surface area contributed by atoms with Crippen LogP contribution in [0.5, 0.6) is 0 Å². The minimum absolute atomic E-state index is 0.0168. The van der Waals surface area contributed by atoms with Crippen molar-refractivity contribution in [3.63, 3.8) is 0 Å². The van der Waals surface area contributed by atoms with E-state index in [2.05, 4.69) is 20.8 Å². The van der Waals surface area contributed by atoms with Crippen LogP contribution in [0.3, 0.4) is 0 Å². The fraction of sp³-hybridized carbons (Fsp3) is 0.385. The largest absolute Gasteiger partial charge is 0.355 e. The van der Waals surface area contributed by atoms with Gasteiger partial charge in [-0.3, -0.25) is 4.79 Å². The number of hydrogen-bond acceptors (Lipinski definition) is 5. The predicted octanol–water partition coefficient (Wildman–Crippen LogP) is 1.59. The molecule has 0 radical (unpaired) electrons. The zero-order chi connectivity index (χ0) is 14.5. The van der Waals surface area contributed by atoms with Gasteiger partial charge in [-0.05, 0) is 42.8 Å². The maximum atomic E-state index is 11.8. The van der Waals surface area contributed by atoms with Gasteiger partial charge in [-0.15, -0.1) is 5.10 Å². The number of rotatable bonds is 5. The number of thioether (sulfide) groups is 1. The average Bonchev–Trinajstić information content (AvgIpc) is 2.87. The number of nitrogens with one attached hydrogen (secondary N) is 1. The summed E-state index contributed by atoms with van der Waals surface area (Å²) < 4.78 is 1.66. The number of carbonyl (C=O) groups excluding carboxylic acids is 1. The van der Waals surface area contributed by atoms with Crippen molar-refractivity contribution in [2.75, 3.05) is 6.54 Å². The van der Waals surface area contributed by atoms with E-state index in [9.17, 15) is 4.79 Å². The Bertz CT molecular complexity index is 598. The van der Waals surface area contributed by atoms with Crippen molar-refractivity contribution in [2.24, 2.45) is 0 Å². The van der Waals surface area contributed by atoms with Crippen molar-refractivity contribution in [1.82, 2.24) is 25.5 Å². The molecule has 1 N–H and O–H groups in total. The summed E-state index contributed by atoms with van der Waals surface area (Å²) >= 11 is 1.34. The summed E-state index contributed by atoms with van der Waals surface area (Å²) in [5.41, 5.74) is 2.00. The summed E-state index contributed by atoms with van der Waals surface area (Å²) in [6.45, 7) is 6.35. The van der Waals surface area contributed by atoms with Gasteiger partial charge in [0.2, 0.25) is 11.1 Å². The van der Waals surface area contributed by atoms with Crippen molar-refractivity contribution < 1.29 is 4.79 Å². The Balaban J connectivity index is 2.22. The normalized spacial score (nSPS) is 12.2. The molecule has 20 heavy (non-hydrogen) atoms. The average molecular weight is 291 g/mol. The summed E-state index contributed by atoms with van der Waals surface area (Å²) in [6, 6.07) is 7.85. The lowest BCUT2D eigenvalue weighted by molar-refractivity contribution is -0.120. The third kappa shape index (κ3) is 3.16. The lowest BCUT2D eigenvalue weighted by atomic mass is 10.2. The molecule has 1 atom stereocenters. The molecule has 7 heteroatoms. The van der Waals surface area contributed by atoms with E-state index in [0.717, 1.165) is 11.3 Å². The van der Waals surface area contributed by atoms with Crippen LogP contribution in [0.2, 0.25) is 0 Å². The van der Waals surface area contributed by atoms with Crippen molar-refractivity contribution in [1.29, 1.82) is 0 Å². The summed E-state index contributed by atoms with van der Waals surface area (Å²) in [6.07, 6.45) is 0.